The number of H-pyrrole nitrogens is 1. The minimum Gasteiger partial charge on any atom is -0.369 e. The number of nitrogens with zero attached hydrogens (tertiary/aromatic N) is 3. The molecule has 8 heteroatoms. The van der Waals surface area contributed by atoms with E-state index in [1.54, 1.807) is 11.5 Å². The third-order valence-electron chi connectivity index (χ3n) is 6.67. The first kappa shape index (κ1) is 20.6. The Morgan fingerprint density at radius 1 is 1.33 bits per heavy atom. The van der Waals surface area contributed by atoms with E-state index in [2.05, 4.69) is 15.1 Å². The number of likely N-dealkylation sites (N-methyl/N-ethyl adjacent to an activating group) is 1. The minimum absolute atomic E-state index is 0.0173. The van der Waals surface area contributed by atoms with Crippen LogP contribution in [0.3, 0.4) is 0 Å². The van der Waals surface area contributed by atoms with Crippen LogP contribution in [0.15, 0.2) is 15.7 Å². The van der Waals surface area contributed by atoms with Crippen LogP contribution < -0.4 is 21.5 Å². The number of aromatic amines is 1. The Hall–Kier alpha value is -2.66. The molecular weight excluding hydrogens is 385 g/mol. The lowest BCUT2D eigenvalue weighted by atomic mass is 9.84. The fraction of sp³-hybridized carbons (Fsp3) is 0.591. The van der Waals surface area contributed by atoms with Gasteiger partial charge in [0.15, 0.2) is 0 Å². The summed E-state index contributed by atoms with van der Waals surface area (Å²) in [5.41, 5.74) is 0.0909. The Morgan fingerprint density at radius 2 is 2.03 bits per heavy atom. The zero-order valence-electron chi connectivity index (χ0n) is 17.9. The van der Waals surface area contributed by atoms with Crippen molar-refractivity contribution in [3.05, 3.63) is 49.7 Å². The normalized spacial score (nSPS) is 20.5. The van der Waals surface area contributed by atoms with Crippen molar-refractivity contribution in [2.45, 2.75) is 57.7 Å². The molecular formula is C22H28FN5O2. The van der Waals surface area contributed by atoms with Crippen LogP contribution in [0.5, 0.6) is 0 Å². The third-order valence-corrected chi connectivity index (χ3v) is 6.67. The molecule has 7 nitrogen and oxygen atoms in total. The third kappa shape index (κ3) is 3.21. The molecule has 160 valence electrons. The number of hydrogen-bond donors (Lipinski definition) is 2. The monoisotopic (exact) mass is 413 g/mol. The molecule has 2 aliphatic rings. The number of benzene rings is 1. The van der Waals surface area contributed by atoms with Gasteiger partial charge in [-0.15, -0.1) is 0 Å². The zero-order valence-corrected chi connectivity index (χ0v) is 17.9. The molecule has 30 heavy (non-hydrogen) atoms. The summed E-state index contributed by atoms with van der Waals surface area (Å²) in [7, 11) is 1.86. The molecule has 1 aromatic heterocycles. The first-order valence-corrected chi connectivity index (χ1v) is 10.5. The number of fused-ring (bicyclic) bond motifs is 1. The van der Waals surface area contributed by atoms with Crippen LogP contribution in [0.2, 0.25) is 0 Å². The van der Waals surface area contributed by atoms with Gasteiger partial charge in [0.1, 0.15) is 5.82 Å². The van der Waals surface area contributed by atoms with Gasteiger partial charge in [-0.05, 0) is 39.3 Å². The fourth-order valence-corrected chi connectivity index (χ4v) is 5.13. The highest BCUT2D eigenvalue weighted by atomic mass is 19.1. The summed E-state index contributed by atoms with van der Waals surface area (Å²) in [5.74, 6) is -0.254. The maximum absolute atomic E-state index is 15.2. The van der Waals surface area contributed by atoms with Gasteiger partial charge in [-0.3, -0.25) is 14.3 Å². The van der Waals surface area contributed by atoms with Crippen LogP contribution in [0.4, 0.5) is 10.1 Å². The molecule has 2 N–H and O–H groups in total. The van der Waals surface area contributed by atoms with Crippen molar-refractivity contribution >= 4 is 16.6 Å². The molecule has 1 aliphatic carbocycles. The maximum atomic E-state index is 15.2. The fourth-order valence-electron chi connectivity index (χ4n) is 5.13. The molecule has 2 heterocycles. The van der Waals surface area contributed by atoms with Crippen LogP contribution in [0.25, 0.3) is 15.7 Å². The van der Waals surface area contributed by atoms with Gasteiger partial charge < -0.3 is 15.1 Å². The Labute approximate surface area is 174 Å². The molecule has 1 aromatic carbocycles. The molecule has 2 aromatic rings. The van der Waals surface area contributed by atoms with E-state index in [1.807, 2.05) is 25.8 Å². The minimum atomic E-state index is -0.563. The topological polar surface area (TPSA) is 74.5 Å². The Balaban J connectivity index is 1.79. The van der Waals surface area contributed by atoms with Crippen LogP contribution in [-0.2, 0) is 0 Å². The van der Waals surface area contributed by atoms with Gasteiger partial charge >= 0.3 is 5.69 Å². The van der Waals surface area contributed by atoms with Gasteiger partial charge in [0.25, 0.3) is 5.56 Å². The van der Waals surface area contributed by atoms with Gasteiger partial charge in [-0.1, -0.05) is 0 Å². The lowest BCUT2D eigenvalue weighted by molar-refractivity contribution is 0.309. The average molecular weight is 413 g/mol. The van der Waals surface area contributed by atoms with Crippen molar-refractivity contribution in [3.8, 4) is 0 Å². The van der Waals surface area contributed by atoms with Gasteiger partial charge in [0.2, 0.25) is 5.54 Å². The van der Waals surface area contributed by atoms with Crippen molar-refractivity contribution in [2.75, 3.05) is 25.0 Å². The summed E-state index contributed by atoms with van der Waals surface area (Å²) < 4.78 is 16.9. The quantitative estimate of drug-likeness (QED) is 0.739. The van der Waals surface area contributed by atoms with Gasteiger partial charge in [-0.25, -0.2) is 15.8 Å². The molecule has 0 bridgehead atoms. The van der Waals surface area contributed by atoms with Crippen molar-refractivity contribution in [2.24, 2.45) is 5.92 Å². The van der Waals surface area contributed by atoms with Crippen molar-refractivity contribution in [1.29, 1.82) is 0 Å². The van der Waals surface area contributed by atoms with Gasteiger partial charge in [0, 0.05) is 44.5 Å². The standard InChI is InChI=1S/C22H28FN5O2/c1-12-17-15(20(29)26-21(30)28(17)14-6-7-14)10-16(23)18(12)27-9-8-13(11-27)19(24-4)22(2,3)25-5/h10,13-14,19,24H,6-9,11H2,1-4H3,(H,26,29,30). The summed E-state index contributed by atoms with van der Waals surface area (Å²) in [6.07, 6.45) is 2.61. The molecule has 1 aliphatic heterocycles. The lowest BCUT2D eigenvalue weighted by Crippen LogP contribution is -2.49. The summed E-state index contributed by atoms with van der Waals surface area (Å²) in [6.45, 7) is 14.5. The maximum Gasteiger partial charge on any atom is 0.329 e. The predicted octanol–water partition coefficient (Wildman–Crippen LogP) is 2.58. The molecule has 2 atom stereocenters. The predicted molar refractivity (Wildman–Crippen MR) is 116 cm³/mol. The second-order valence-electron chi connectivity index (χ2n) is 9.12. The van der Waals surface area contributed by atoms with Crippen LogP contribution in [0.1, 0.15) is 44.7 Å². The summed E-state index contributed by atoms with van der Waals surface area (Å²) >= 11 is 0. The second kappa shape index (κ2) is 7.24. The van der Waals surface area contributed by atoms with E-state index in [4.69, 9.17) is 6.57 Å². The highest BCUT2D eigenvalue weighted by Gasteiger charge is 2.43. The lowest BCUT2D eigenvalue weighted by Gasteiger charge is -2.30. The SMILES string of the molecule is [C-]#[N+]C(C)(C)C(NC)C1CCN(c2c(F)cc3c(=O)[nH]c(=O)n(C4CC4)c3c2C)C1. The van der Waals surface area contributed by atoms with Gasteiger partial charge in [0.05, 0.1) is 22.6 Å². The highest BCUT2D eigenvalue weighted by molar-refractivity contribution is 5.87. The van der Waals surface area contributed by atoms with E-state index in [0.29, 0.717) is 29.9 Å². The molecule has 0 spiro atoms. The smallest absolute Gasteiger partial charge is 0.329 e. The summed E-state index contributed by atoms with van der Waals surface area (Å²) in [6, 6.07) is 1.31. The van der Waals surface area contributed by atoms with E-state index in [-0.39, 0.29) is 23.4 Å². The van der Waals surface area contributed by atoms with E-state index in [0.717, 1.165) is 19.3 Å². The van der Waals surface area contributed by atoms with Crippen LogP contribution in [0, 0.1) is 25.2 Å². The Kier molecular flexibility index (Phi) is 4.97. The molecule has 1 saturated heterocycles. The van der Waals surface area contributed by atoms with Crippen LogP contribution in [-0.4, -0.2) is 41.3 Å². The number of aromatic nitrogens is 2. The second-order valence-corrected chi connectivity index (χ2v) is 9.12. The Morgan fingerprint density at radius 3 is 2.63 bits per heavy atom. The molecule has 0 radical (unpaired) electrons. The molecule has 1 saturated carbocycles. The van der Waals surface area contributed by atoms with Crippen molar-refractivity contribution < 1.29 is 4.39 Å². The number of hydrogen-bond acceptors (Lipinski definition) is 4. The number of aryl methyl sites for hydroxylation is 1. The average Bonchev–Trinajstić information content (AvgIpc) is 3.41. The highest BCUT2D eigenvalue weighted by Crippen LogP contribution is 2.40. The Bertz CT molecular complexity index is 1160. The molecule has 0 amide bonds. The van der Waals surface area contributed by atoms with E-state index in [9.17, 15) is 9.59 Å². The van der Waals surface area contributed by atoms with E-state index >= 15 is 4.39 Å². The number of nitrogens with one attached hydrogen (secondary N) is 2. The summed E-state index contributed by atoms with van der Waals surface area (Å²) in [5, 5.41) is 3.51. The molecule has 2 fully saturated rings. The van der Waals surface area contributed by atoms with E-state index in [1.165, 1.54) is 6.07 Å². The first-order valence-electron chi connectivity index (χ1n) is 10.5. The van der Waals surface area contributed by atoms with Crippen molar-refractivity contribution in [3.63, 3.8) is 0 Å². The van der Waals surface area contributed by atoms with Crippen molar-refractivity contribution in [1.82, 2.24) is 14.9 Å². The number of rotatable bonds is 5. The van der Waals surface area contributed by atoms with Gasteiger partial charge in [-0.2, -0.15) is 0 Å². The zero-order chi connectivity index (χ0) is 21.8. The van der Waals surface area contributed by atoms with E-state index < -0.39 is 22.6 Å². The van der Waals surface area contributed by atoms with Crippen LogP contribution >= 0.6 is 0 Å². The largest absolute Gasteiger partial charge is 0.369 e. The summed E-state index contributed by atoms with van der Waals surface area (Å²) in [4.78, 5) is 33.0. The number of anilines is 1. The molecule has 2 unspecified atom stereocenters. The number of halogens is 1. The molecule has 4 rings (SSSR count). The first-order chi connectivity index (χ1) is 14.2.